The predicted octanol–water partition coefficient (Wildman–Crippen LogP) is -0.308. The van der Waals surface area contributed by atoms with E-state index in [1.165, 1.54) is 23.6 Å². The van der Waals surface area contributed by atoms with Crippen LogP contribution < -0.4 is 16.2 Å². The lowest BCUT2D eigenvalue weighted by atomic mass is 9.77. The number of amides is 3. The van der Waals surface area contributed by atoms with Gasteiger partial charge in [-0.25, -0.2) is 4.98 Å². The first kappa shape index (κ1) is 20.4. The third-order valence-electron chi connectivity index (χ3n) is 6.39. The van der Waals surface area contributed by atoms with Crippen molar-refractivity contribution in [1.29, 1.82) is 0 Å². The van der Waals surface area contributed by atoms with Gasteiger partial charge in [0.2, 0.25) is 5.75 Å². The molecular formula is C20H27N5O5. The van der Waals surface area contributed by atoms with Crippen molar-refractivity contribution in [2.45, 2.75) is 50.6 Å². The van der Waals surface area contributed by atoms with Crippen LogP contribution in [0.4, 0.5) is 0 Å². The third-order valence-corrected chi connectivity index (χ3v) is 6.39. The Labute approximate surface area is 173 Å². The highest BCUT2D eigenvalue weighted by atomic mass is 16.3. The van der Waals surface area contributed by atoms with E-state index in [4.69, 9.17) is 0 Å². The number of aromatic nitrogens is 2. The normalized spacial score (nSPS) is 24.5. The van der Waals surface area contributed by atoms with Crippen LogP contribution in [0.1, 0.15) is 54.8 Å². The lowest BCUT2D eigenvalue weighted by Gasteiger charge is -2.37. The van der Waals surface area contributed by atoms with E-state index in [1.807, 2.05) is 0 Å². The maximum absolute atomic E-state index is 12.9. The second kappa shape index (κ2) is 7.41. The molecule has 10 nitrogen and oxygen atoms in total. The highest BCUT2D eigenvalue weighted by Crippen LogP contribution is 2.43. The smallest absolute Gasteiger partial charge is 0.311 e. The van der Waals surface area contributed by atoms with Crippen LogP contribution in [-0.4, -0.2) is 57.9 Å². The average molecular weight is 417 g/mol. The summed E-state index contributed by atoms with van der Waals surface area (Å²) in [6, 6.07) is 0. The first-order chi connectivity index (χ1) is 14.2. The molecule has 2 aliphatic heterocycles. The second-order valence-electron chi connectivity index (χ2n) is 8.88. The largest absolute Gasteiger partial charge is 0.501 e. The number of carbonyl (C=O) groups is 3. The summed E-state index contributed by atoms with van der Waals surface area (Å²) in [6.45, 7) is 0.831. The molecule has 4 aliphatic rings. The van der Waals surface area contributed by atoms with Crippen molar-refractivity contribution < 1.29 is 19.5 Å². The van der Waals surface area contributed by atoms with Gasteiger partial charge in [0.15, 0.2) is 5.69 Å². The van der Waals surface area contributed by atoms with Crippen LogP contribution in [-0.2, 0) is 21.7 Å². The molecule has 0 spiro atoms. The zero-order valence-electron chi connectivity index (χ0n) is 17.2. The summed E-state index contributed by atoms with van der Waals surface area (Å²) < 4.78 is 1.36. The predicted molar refractivity (Wildman–Crippen MR) is 106 cm³/mol. The van der Waals surface area contributed by atoms with Crippen LogP contribution in [0, 0.1) is 11.8 Å². The minimum Gasteiger partial charge on any atom is -0.501 e. The van der Waals surface area contributed by atoms with E-state index in [2.05, 4.69) is 15.6 Å². The molecule has 30 heavy (non-hydrogen) atoms. The summed E-state index contributed by atoms with van der Waals surface area (Å²) >= 11 is 0. The van der Waals surface area contributed by atoms with Gasteiger partial charge in [-0.2, -0.15) is 0 Å². The number of likely N-dealkylation sites (N-methyl/N-ethyl adjacent to an activating group) is 1. The molecule has 0 aromatic carbocycles. The molecule has 162 valence electrons. The molecule has 2 aliphatic carbocycles. The quantitative estimate of drug-likeness (QED) is 0.576. The number of aromatic hydroxyl groups is 1. The zero-order valence-corrected chi connectivity index (χ0v) is 17.2. The molecule has 1 aromatic rings. The SMILES string of the molecule is CN(C)C(=O)C(=O)NC12CCC(CC1)Cn1c2nc(C(=O)NCC2CC2)c(O)c1=O. The fourth-order valence-electron chi connectivity index (χ4n) is 4.37. The summed E-state index contributed by atoms with van der Waals surface area (Å²) in [4.78, 5) is 55.9. The van der Waals surface area contributed by atoms with Crippen molar-refractivity contribution in [2.24, 2.45) is 11.8 Å². The minimum absolute atomic E-state index is 0.203. The average Bonchev–Trinajstić information content (AvgIpc) is 3.56. The van der Waals surface area contributed by atoms with E-state index in [1.54, 1.807) is 0 Å². The highest BCUT2D eigenvalue weighted by Gasteiger charge is 2.46. The van der Waals surface area contributed by atoms with Crippen LogP contribution in [0.2, 0.25) is 0 Å². The topological polar surface area (TPSA) is 134 Å². The molecule has 1 aromatic heterocycles. The van der Waals surface area contributed by atoms with E-state index in [9.17, 15) is 24.3 Å². The minimum atomic E-state index is -1.03. The molecule has 5 rings (SSSR count). The molecule has 2 saturated carbocycles. The third kappa shape index (κ3) is 3.54. The molecule has 0 unspecified atom stereocenters. The van der Waals surface area contributed by atoms with E-state index in [0.29, 0.717) is 31.8 Å². The first-order valence-electron chi connectivity index (χ1n) is 10.4. The maximum Gasteiger partial charge on any atom is 0.311 e. The monoisotopic (exact) mass is 417 g/mol. The van der Waals surface area contributed by atoms with E-state index < -0.39 is 34.6 Å². The van der Waals surface area contributed by atoms with Gasteiger partial charge < -0.3 is 20.6 Å². The number of fused-ring (bicyclic) bond motifs is 2. The van der Waals surface area contributed by atoms with E-state index >= 15 is 0 Å². The van der Waals surface area contributed by atoms with Gasteiger partial charge in [-0.15, -0.1) is 0 Å². The number of nitrogens with one attached hydrogen (secondary N) is 2. The van der Waals surface area contributed by atoms with E-state index in [-0.39, 0.29) is 17.4 Å². The van der Waals surface area contributed by atoms with Crippen LogP contribution in [0.3, 0.4) is 0 Å². The Hall–Kier alpha value is -2.91. The number of hydrogen-bond acceptors (Lipinski definition) is 6. The summed E-state index contributed by atoms with van der Waals surface area (Å²) in [6.07, 6.45) is 4.58. The Balaban J connectivity index is 1.75. The van der Waals surface area contributed by atoms with Gasteiger partial charge in [-0.1, -0.05) is 0 Å². The van der Waals surface area contributed by atoms with Crippen molar-refractivity contribution in [3.8, 4) is 5.75 Å². The molecule has 3 amide bonds. The molecule has 2 bridgehead atoms. The highest BCUT2D eigenvalue weighted by molar-refractivity contribution is 6.35. The number of nitrogens with zero attached hydrogens (tertiary/aromatic N) is 3. The van der Waals surface area contributed by atoms with Gasteiger partial charge in [0.1, 0.15) is 5.82 Å². The molecule has 3 heterocycles. The van der Waals surface area contributed by atoms with Crippen molar-refractivity contribution in [3.05, 3.63) is 21.9 Å². The summed E-state index contributed by atoms with van der Waals surface area (Å²) in [5.74, 6) is -1.91. The van der Waals surface area contributed by atoms with Gasteiger partial charge >= 0.3 is 11.8 Å². The van der Waals surface area contributed by atoms with E-state index in [0.717, 1.165) is 25.7 Å². The molecule has 3 N–H and O–H groups in total. The van der Waals surface area contributed by atoms with Crippen LogP contribution in [0.25, 0.3) is 0 Å². The van der Waals surface area contributed by atoms with Crippen LogP contribution in [0.5, 0.6) is 5.75 Å². The van der Waals surface area contributed by atoms with Crippen molar-refractivity contribution >= 4 is 17.7 Å². The Morgan fingerprint density at radius 2 is 1.87 bits per heavy atom. The molecular weight excluding hydrogens is 390 g/mol. The number of hydrogen-bond donors (Lipinski definition) is 3. The summed E-state index contributed by atoms with van der Waals surface area (Å²) in [7, 11) is 2.97. The molecule has 0 saturated heterocycles. The number of rotatable bonds is 4. The van der Waals surface area contributed by atoms with Crippen LogP contribution in [0.15, 0.2) is 4.79 Å². The summed E-state index contributed by atoms with van der Waals surface area (Å²) in [5.41, 5.74) is -2.05. The Morgan fingerprint density at radius 1 is 1.20 bits per heavy atom. The Kier molecular flexibility index (Phi) is 5.03. The van der Waals surface area contributed by atoms with Crippen LogP contribution >= 0.6 is 0 Å². The molecule has 0 radical (unpaired) electrons. The zero-order chi connectivity index (χ0) is 21.6. The Bertz CT molecular complexity index is 957. The molecule has 2 fully saturated rings. The van der Waals surface area contributed by atoms with Gasteiger partial charge in [-0.05, 0) is 50.4 Å². The lowest BCUT2D eigenvalue weighted by Crippen LogP contribution is -2.53. The van der Waals surface area contributed by atoms with Crippen molar-refractivity contribution in [3.63, 3.8) is 0 Å². The Morgan fingerprint density at radius 3 is 2.47 bits per heavy atom. The van der Waals surface area contributed by atoms with Gasteiger partial charge in [0, 0.05) is 27.2 Å². The standard InChI is InChI=1S/C20H27N5O5/c1-24(2)18(30)16(28)23-20-7-5-12(6-8-20)10-25-17(29)14(26)13(22-19(20)25)15(27)21-9-11-3-4-11/h11-12,26H,3-10H2,1-2H3,(H,21,27)(H,23,28). The maximum atomic E-state index is 12.9. The summed E-state index contributed by atoms with van der Waals surface area (Å²) in [5, 5.41) is 15.9. The molecule has 0 atom stereocenters. The lowest BCUT2D eigenvalue weighted by molar-refractivity contribution is -0.145. The van der Waals surface area contributed by atoms with Crippen molar-refractivity contribution in [2.75, 3.05) is 20.6 Å². The fraction of sp³-hybridized carbons (Fsp3) is 0.650. The number of carbonyl (C=O) groups excluding carboxylic acids is 3. The molecule has 10 heteroatoms. The second-order valence-corrected chi connectivity index (χ2v) is 8.88. The van der Waals surface area contributed by atoms with Gasteiger partial charge in [0.25, 0.3) is 11.5 Å². The first-order valence-corrected chi connectivity index (χ1v) is 10.4. The van der Waals surface area contributed by atoms with Gasteiger partial charge in [-0.3, -0.25) is 23.7 Å². The van der Waals surface area contributed by atoms with Gasteiger partial charge in [0.05, 0.1) is 5.54 Å². The van der Waals surface area contributed by atoms with Crippen molar-refractivity contribution in [1.82, 2.24) is 25.1 Å². The fourth-order valence-corrected chi connectivity index (χ4v) is 4.37.